The van der Waals surface area contributed by atoms with Gasteiger partial charge in [-0.1, -0.05) is 34.9 Å². The van der Waals surface area contributed by atoms with E-state index in [9.17, 15) is 30.6 Å². The van der Waals surface area contributed by atoms with Crippen LogP contribution >= 0.6 is 0 Å². The third-order valence-corrected chi connectivity index (χ3v) is 11.1. The van der Waals surface area contributed by atoms with E-state index >= 15 is 0 Å². The van der Waals surface area contributed by atoms with Crippen molar-refractivity contribution in [3.8, 4) is 0 Å². The largest absolute Gasteiger partial charge is 0.392 e. The third kappa shape index (κ3) is 29.3. The average molecular weight is 739 g/mol. The summed E-state index contributed by atoms with van der Waals surface area (Å²) in [4.78, 5) is 0. The zero-order chi connectivity index (χ0) is 40.1. The van der Waals surface area contributed by atoms with Crippen molar-refractivity contribution in [2.75, 3.05) is 6.61 Å². The molecule has 6 unspecified atom stereocenters. The lowest BCUT2D eigenvalue weighted by Crippen LogP contribution is -2.31. The van der Waals surface area contributed by atoms with Gasteiger partial charge < -0.3 is 35.7 Å². The van der Waals surface area contributed by atoms with Gasteiger partial charge in [0.1, 0.15) is 0 Å². The monoisotopic (exact) mass is 739 g/mol. The number of hydrogen-bond donors (Lipinski definition) is 7. The van der Waals surface area contributed by atoms with Crippen molar-refractivity contribution in [1.29, 1.82) is 0 Å². The molecule has 0 aliphatic rings. The molecule has 0 spiro atoms. The first-order valence-corrected chi connectivity index (χ1v) is 20.7. The Kier molecular flexibility index (Phi) is 24.0. The SMILES string of the molecule is CC(C)=CCCC(C)(O)CCCC(C)(O)CCCC(C)(O)CCCC(C)(O)CCCC(C)(O)CCCC(C)(O)CCCC(C)=CCCC(C)=CCO. The summed E-state index contributed by atoms with van der Waals surface area (Å²) in [5, 5.41) is 74.5. The van der Waals surface area contributed by atoms with Gasteiger partial charge in [0.05, 0.1) is 40.2 Å². The summed E-state index contributed by atoms with van der Waals surface area (Å²) in [6, 6.07) is 0. The van der Waals surface area contributed by atoms with Crippen LogP contribution < -0.4 is 0 Å². The number of aliphatic hydroxyl groups is 7. The molecule has 7 N–H and O–H groups in total. The van der Waals surface area contributed by atoms with E-state index in [1.165, 1.54) is 16.7 Å². The average Bonchev–Trinajstić information content (AvgIpc) is 2.95. The highest BCUT2D eigenvalue weighted by Crippen LogP contribution is 2.32. The van der Waals surface area contributed by atoms with E-state index in [4.69, 9.17) is 5.11 Å². The molecule has 0 saturated carbocycles. The van der Waals surface area contributed by atoms with Crippen LogP contribution in [0.4, 0.5) is 0 Å². The van der Waals surface area contributed by atoms with Gasteiger partial charge in [-0.15, -0.1) is 0 Å². The van der Waals surface area contributed by atoms with Crippen LogP contribution in [0.1, 0.15) is 210 Å². The van der Waals surface area contributed by atoms with Crippen molar-refractivity contribution in [2.24, 2.45) is 0 Å². The number of rotatable bonds is 31. The van der Waals surface area contributed by atoms with Gasteiger partial charge in [-0.05, 0) is 210 Å². The highest BCUT2D eigenvalue weighted by Gasteiger charge is 2.29. The van der Waals surface area contributed by atoms with Crippen LogP contribution in [-0.4, -0.2) is 76.0 Å². The fourth-order valence-corrected chi connectivity index (χ4v) is 7.33. The highest BCUT2D eigenvalue weighted by atomic mass is 16.3. The Morgan fingerprint density at radius 2 is 0.654 bits per heavy atom. The zero-order valence-electron chi connectivity index (χ0n) is 35.6. The fourth-order valence-electron chi connectivity index (χ4n) is 7.33. The normalized spacial score (nSPS) is 19.9. The summed E-state index contributed by atoms with van der Waals surface area (Å²) in [7, 11) is 0. The third-order valence-electron chi connectivity index (χ3n) is 11.1. The number of aliphatic hydroxyl groups excluding tert-OH is 1. The van der Waals surface area contributed by atoms with Crippen molar-refractivity contribution in [3.63, 3.8) is 0 Å². The predicted octanol–water partition coefficient (Wildman–Crippen LogP) is 9.93. The summed E-state index contributed by atoms with van der Waals surface area (Å²) in [5.74, 6) is 0. The molecule has 308 valence electrons. The summed E-state index contributed by atoms with van der Waals surface area (Å²) >= 11 is 0. The summed E-state index contributed by atoms with van der Waals surface area (Å²) in [6.45, 7) is 19.6. The predicted molar refractivity (Wildman–Crippen MR) is 219 cm³/mol. The maximum absolute atomic E-state index is 11.0. The van der Waals surface area contributed by atoms with Gasteiger partial charge in [0.25, 0.3) is 0 Å². The van der Waals surface area contributed by atoms with Gasteiger partial charge in [-0.25, -0.2) is 0 Å². The molecule has 0 rings (SSSR count). The van der Waals surface area contributed by atoms with Gasteiger partial charge in [0.15, 0.2) is 0 Å². The molecule has 0 amide bonds. The standard InChI is InChI=1S/C45H86O7/c1-37(2)19-12-24-40(5,47)26-14-28-42(7,49)30-16-32-44(9,51)34-18-35-45(10,52)33-17-31-43(8,50)29-15-27-41(6,48)25-13-22-38(3)20-11-21-39(4)23-36-46/h19-20,23,46-52H,11-18,21-22,24-36H2,1-10H3. The Morgan fingerprint density at radius 1 is 0.365 bits per heavy atom. The first-order chi connectivity index (χ1) is 23.8. The van der Waals surface area contributed by atoms with Crippen LogP contribution in [0.25, 0.3) is 0 Å². The van der Waals surface area contributed by atoms with Crippen molar-refractivity contribution >= 4 is 0 Å². The van der Waals surface area contributed by atoms with E-state index in [0.717, 1.165) is 57.8 Å². The van der Waals surface area contributed by atoms with Gasteiger partial charge in [0.2, 0.25) is 0 Å². The van der Waals surface area contributed by atoms with Crippen LogP contribution in [0.15, 0.2) is 34.9 Å². The molecule has 0 aromatic carbocycles. The molecule has 0 fully saturated rings. The van der Waals surface area contributed by atoms with Crippen LogP contribution in [0.2, 0.25) is 0 Å². The molecule has 0 heterocycles. The van der Waals surface area contributed by atoms with Gasteiger partial charge in [-0.2, -0.15) is 0 Å². The van der Waals surface area contributed by atoms with Crippen molar-refractivity contribution < 1.29 is 35.7 Å². The van der Waals surface area contributed by atoms with Crippen molar-refractivity contribution in [3.05, 3.63) is 34.9 Å². The second-order valence-corrected chi connectivity index (χ2v) is 18.7. The molecule has 0 bridgehead atoms. The number of allylic oxidation sites excluding steroid dienone is 5. The van der Waals surface area contributed by atoms with E-state index in [0.29, 0.717) is 83.5 Å². The molecular formula is C45H86O7. The Morgan fingerprint density at radius 3 is 0.962 bits per heavy atom. The number of hydrogen-bond acceptors (Lipinski definition) is 7. The van der Waals surface area contributed by atoms with E-state index in [1.54, 1.807) is 0 Å². The molecule has 0 aliphatic carbocycles. The van der Waals surface area contributed by atoms with Crippen LogP contribution in [0.3, 0.4) is 0 Å². The molecule has 0 aliphatic heterocycles. The Bertz CT molecular complexity index is 1040. The van der Waals surface area contributed by atoms with Crippen molar-refractivity contribution in [1.82, 2.24) is 0 Å². The Labute approximate surface area is 320 Å². The zero-order valence-corrected chi connectivity index (χ0v) is 35.6. The maximum Gasteiger partial charge on any atom is 0.0622 e. The van der Waals surface area contributed by atoms with Crippen LogP contribution in [-0.2, 0) is 0 Å². The smallest absolute Gasteiger partial charge is 0.0622 e. The van der Waals surface area contributed by atoms with Crippen LogP contribution in [0.5, 0.6) is 0 Å². The maximum atomic E-state index is 11.0. The second kappa shape index (κ2) is 24.5. The molecule has 6 atom stereocenters. The highest BCUT2D eigenvalue weighted by molar-refractivity contribution is 5.03. The van der Waals surface area contributed by atoms with E-state index < -0.39 is 33.6 Å². The van der Waals surface area contributed by atoms with Crippen molar-refractivity contribution in [2.45, 2.75) is 244 Å². The van der Waals surface area contributed by atoms with E-state index in [2.05, 4.69) is 32.9 Å². The molecule has 7 heteroatoms. The summed E-state index contributed by atoms with van der Waals surface area (Å²) in [6.07, 6.45) is 22.0. The molecule has 0 radical (unpaired) electrons. The molecule has 7 nitrogen and oxygen atoms in total. The van der Waals surface area contributed by atoms with Gasteiger partial charge >= 0.3 is 0 Å². The van der Waals surface area contributed by atoms with Crippen LogP contribution in [0, 0.1) is 0 Å². The fraction of sp³-hybridized carbons (Fsp3) is 0.867. The minimum absolute atomic E-state index is 0.0920. The minimum atomic E-state index is -0.867. The summed E-state index contributed by atoms with van der Waals surface area (Å²) < 4.78 is 0. The quantitative estimate of drug-likeness (QED) is 0.0351. The Hall–Kier alpha value is -1.06. The minimum Gasteiger partial charge on any atom is -0.392 e. The first kappa shape index (κ1) is 50.9. The van der Waals surface area contributed by atoms with E-state index in [1.807, 2.05) is 54.5 Å². The lowest BCUT2D eigenvalue weighted by molar-refractivity contribution is -0.00728. The van der Waals surface area contributed by atoms with Gasteiger partial charge in [-0.3, -0.25) is 0 Å². The molecule has 0 aromatic heterocycles. The lowest BCUT2D eigenvalue weighted by atomic mass is 9.83. The summed E-state index contributed by atoms with van der Waals surface area (Å²) in [5.41, 5.74) is -1.10. The first-order valence-electron chi connectivity index (χ1n) is 20.7. The van der Waals surface area contributed by atoms with Gasteiger partial charge in [0, 0.05) is 0 Å². The topological polar surface area (TPSA) is 142 Å². The molecule has 52 heavy (non-hydrogen) atoms. The Balaban J connectivity index is 4.36. The lowest BCUT2D eigenvalue weighted by Gasteiger charge is -2.30. The molecule has 0 saturated heterocycles. The second-order valence-electron chi connectivity index (χ2n) is 18.7. The molecular weight excluding hydrogens is 652 g/mol. The molecule has 0 aromatic rings. The van der Waals surface area contributed by atoms with E-state index in [-0.39, 0.29) is 6.61 Å².